The van der Waals surface area contributed by atoms with Crippen LogP contribution in [0.3, 0.4) is 0 Å². The van der Waals surface area contributed by atoms with Crippen LogP contribution in [-0.4, -0.2) is 34.2 Å². The van der Waals surface area contributed by atoms with E-state index in [0.29, 0.717) is 15.0 Å². The van der Waals surface area contributed by atoms with Crippen molar-refractivity contribution in [1.29, 1.82) is 0 Å². The van der Waals surface area contributed by atoms with Gasteiger partial charge in [0.1, 0.15) is 16.7 Å². The zero-order valence-electron chi connectivity index (χ0n) is 12.0. The summed E-state index contributed by atoms with van der Waals surface area (Å²) in [6.45, 7) is 0.208. The van der Waals surface area contributed by atoms with Gasteiger partial charge in [0.2, 0.25) is 0 Å². The van der Waals surface area contributed by atoms with Crippen molar-refractivity contribution in [3.05, 3.63) is 34.7 Å². The molecule has 0 aliphatic carbocycles. The highest BCUT2D eigenvalue weighted by Gasteiger charge is 2.31. The van der Waals surface area contributed by atoms with Crippen molar-refractivity contribution in [2.24, 2.45) is 0 Å². The van der Waals surface area contributed by atoms with E-state index in [1.54, 1.807) is 30.3 Å². The van der Waals surface area contributed by atoms with Gasteiger partial charge < -0.3 is 14.6 Å². The minimum absolute atomic E-state index is 0.0171. The van der Waals surface area contributed by atoms with E-state index in [-0.39, 0.29) is 25.5 Å². The van der Waals surface area contributed by atoms with Gasteiger partial charge in [0.05, 0.1) is 4.91 Å². The highest BCUT2D eigenvalue weighted by molar-refractivity contribution is 8.26. The molecule has 1 fully saturated rings. The lowest BCUT2D eigenvalue weighted by atomic mass is 10.2. The minimum Gasteiger partial charge on any atom is -0.550 e. The van der Waals surface area contributed by atoms with Crippen molar-refractivity contribution in [3.63, 3.8) is 0 Å². The lowest BCUT2D eigenvalue weighted by molar-refractivity contribution is -0.305. The second-order valence-corrected chi connectivity index (χ2v) is 6.19. The van der Waals surface area contributed by atoms with Crippen LogP contribution in [0.15, 0.2) is 29.2 Å². The molecule has 0 N–H and O–H groups in total. The number of terminal acetylenes is 1. The Balaban J connectivity index is 2.08. The molecular weight excluding hydrogens is 334 g/mol. The van der Waals surface area contributed by atoms with Gasteiger partial charge in [0.15, 0.2) is 0 Å². The molecule has 1 amide bonds. The number of thiocarbonyl (C=S) groups is 1. The molecule has 0 saturated carbocycles. The molecule has 1 heterocycles. The summed E-state index contributed by atoms with van der Waals surface area (Å²) in [5, 5.41) is 10.5. The van der Waals surface area contributed by atoms with Crippen molar-refractivity contribution < 1.29 is 19.4 Å². The fourth-order valence-corrected chi connectivity index (χ4v) is 3.14. The molecule has 23 heavy (non-hydrogen) atoms. The fourth-order valence-electron chi connectivity index (χ4n) is 1.83. The van der Waals surface area contributed by atoms with Crippen LogP contribution in [0.2, 0.25) is 0 Å². The van der Waals surface area contributed by atoms with Crippen LogP contribution < -0.4 is 9.84 Å². The van der Waals surface area contributed by atoms with E-state index in [9.17, 15) is 14.7 Å². The first-order valence-electron chi connectivity index (χ1n) is 6.63. The lowest BCUT2D eigenvalue weighted by Crippen LogP contribution is -2.33. The number of nitrogens with zero attached hydrogens (tertiary/aromatic N) is 1. The summed E-state index contributed by atoms with van der Waals surface area (Å²) in [5.74, 6) is 1.50. The Morgan fingerprint density at radius 1 is 1.43 bits per heavy atom. The van der Waals surface area contributed by atoms with Crippen LogP contribution in [0.4, 0.5) is 0 Å². The molecule has 1 aromatic rings. The van der Waals surface area contributed by atoms with E-state index in [1.165, 1.54) is 4.90 Å². The Morgan fingerprint density at radius 2 is 2.13 bits per heavy atom. The van der Waals surface area contributed by atoms with Gasteiger partial charge in [-0.2, -0.15) is 0 Å². The number of carboxylic acid groups (broad SMARTS) is 1. The largest absolute Gasteiger partial charge is 0.550 e. The van der Waals surface area contributed by atoms with Crippen molar-refractivity contribution in [2.75, 3.05) is 13.2 Å². The van der Waals surface area contributed by atoms with Gasteiger partial charge in [-0.15, -0.1) is 6.42 Å². The summed E-state index contributed by atoms with van der Waals surface area (Å²) in [5.41, 5.74) is 0.804. The predicted octanol–water partition coefficient (Wildman–Crippen LogP) is 1.04. The van der Waals surface area contributed by atoms with Gasteiger partial charge in [0, 0.05) is 18.9 Å². The monoisotopic (exact) mass is 346 g/mol. The van der Waals surface area contributed by atoms with Crippen molar-refractivity contribution >= 4 is 46.3 Å². The minimum atomic E-state index is -1.22. The predicted molar refractivity (Wildman–Crippen MR) is 90.3 cm³/mol. The maximum absolute atomic E-state index is 12.2. The van der Waals surface area contributed by atoms with Crippen LogP contribution in [0.25, 0.3) is 6.08 Å². The van der Waals surface area contributed by atoms with E-state index in [2.05, 4.69) is 5.92 Å². The van der Waals surface area contributed by atoms with Crippen LogP contribution in [0.5, 0.6) is 5.75 Å². The zero-order chi connectivity index (χ0) is 16.8. The number of carbonyl (C=O) groups excluding carboxylic acids is 2. The summed E-state index contributed by atoms with van der Waals surface area (Å²) in [4.78, 5) is 24.5. The summed E-state index contributed by atoms with van der Waals surface area (Å²) < 4.78 is 5.61. The van der Waals surface area contributed by atoms with E-state index < -0.39 is 5.97 Å². The van der Waals surface area contributed by atoms with Gasteiger partial charge in [-0.25, -0.2) is 0 Å². The first kappa shape index (κ1) is 17.1. The van der Waals surface area contributed by atoms with Crippen LogP contribution in [0, 0.1) is 12.3 Å². The second kappa shape index (κ2) is 7.81. The number of thioether (sulfide) groups is 1. The highest BCUT2D eigenvalue weighted by Crippen LogP contribution is 2.32. The Labute approximate surface area is 143 Å². The Kier molecular flexibility index (Phi) is 5.79. The summed E-state index contributed by atoms with van der Waals surface area (Å²) in [7, 11) is 0. The molecule has 0 spiro atoms. The summed E-state index contributed by atoms with van der Waals surface area (Å²) in [6.07, 6.45) is 6.57. The summed E-state index contributed by atoms with van der Waals surface area (Å²) in [6, 6.07) is 7.08. The van der Waals surface area contributed by atoms with Gasteiger partial charge in [-0.1, -0.05) is 42.0 Å². The molecule has 0 atom stereocenters. The van der Waals surface area contributed by atoms with Crippen LogP contribution >= 0.6 is 24.0 Å². The quantitative estimate of drug-likeness (QED) is 0.435. The Hall–Kier alpha value is -2.30. The average Bonchev–Trinajstić information content (AvgIpc) is 2.78. The molecule has 0 bridgehead atoms. The molecule has 1 saturated heterocycles. The number of carbonyl (C=O) groups is 2. The third-order valence-electron chi connectivity index (χ3n) is 2.91. The molecule has 0 radical (unpaired) electrons. The first-order valence-corrected chi connectivity index (χ1v) is 7.85. The Morgan fingerprint density at radius 3 is 2.74 bits per heavy atom. The number of ether oxygens (including phenoxy) is 1. The van der Waals surface area contributed by atoms with Crippen molar-refractivity contribution in [3.8, 4) is 18.1 Å². The first-order chi connectivity index (χ1) is 11.0. The van der Waals surface area contributed by atoms with E-state index in [4.69, 9.17) is 23.4 Å². The van der Waals surface area contributed by atoms with Gasteiger partial charge in [-0.3, -0.25) is 9.69 Å². The maximum Gasteiger partial charge on any atom is 0.266 e. The van der Waals surface area contributed by atoms with Crippen LogP contribution in [-0.2, 0) is 9.59 Å². The number of carboxylic acids is 1. The van der Waals surface area contributed by atoms with Crippen molar-refractivity contribution in [1.82, 2.24) is 4.90 Å². The molecule has 0 unspecified atom stereocenters. The molecule has 2 rings (SSSR count). The van der Waals surface area contributed by atoms with Gasteiger partial charge in [0.25, 0.3) is 5.91 Å². The fraction of sp³-hybridized carbons (Fsp3) is 0.188. The number of rotatable bonds is 6. The standard InChI is InChI=1S/C16H13NO4S2/c1-2-9-21-12-5-3-11(4-6-12)10-13-15(20)17(16(22)23-13)8-7-14(18)19/h1,3-6,10H,7-9H2,(H,18,19)/p-1/b13-10+. The van der Waals surface area contributed by atoms with E-state index in [1.807, 2.05) is 0 Å². The normalized spacial score (nSPS) is 15.8. The topological polar surface area (TPSA) is 69.7 Å². The lowest BCUT2D eigenvalue weighted by Gasteiger charge is -2.14. The molecule has 7 heteroatoms. The third-order valence-corrected chi connectivity index (χ3v) is 4.29. The maximum atomic E-state index is 12.2. The third kappa shape index (κ3) is 4.58. The van der Waals surface area contributed by atoms with Crippen LogP contribution in [0.1, 0.15) is 12.0 Å². The molecule has 5 nitrogen and oxygen atoms in total. The number of benzene rings is 1. The molecule has 1 aliphatic heterocycles. The molecule has 1 aromatic carbocycles. The van der Waals surface area contributed by atoms with E-state index in [0.717, 1.165) is 17.3 Å². The highest BCUT2D eigenvalue weighted by atomic mass is 32.2. The van der Waals surface area contributed by atoms with Crippen molar-refractivity contribution in [2.45, 2.75) is 6.42 Å². The number of aliphatic carboxylic acids is 1. The average molecular weight is 346 g/mol. The summed E-state index contributed by atoms with van der Waals surface area (Å²) >= 11 is 6.25. The number of amides is 1. The molecule has 0 aromatic heterocycles. The number of hydrogen-bond donors (Lipinski definition) is 0. The zero-order valence-corrected chi connectivity index (χ0v) is 13.6. The molecular formula is C16H12NO4S2-. The number of hydrogen-bond acceptors (Lipinski definition) is 6. The molecule has 1 aliphatic rings. The van der Waals surface area contributed by atoms with E-state index >= 15 is 0 Å². The second-order valence-electron chi connectivity index (χ2n) is 4.52. The smallest absolute Gasteiger partial charge is 0.266 e. The van der Waals surface area contributed by atoms with Gasteiger partial charge in [-0.05, 0) is 23.8 Å². The SMILES string of the molecule is C#CCOc1ccc(/C=C2/SC(=S)N(CCC(=O)[O-])C2=O)cc1. The molecule has 118 valence electrons. The van der Waals surface area contributed by atoms with Gasteiger partial charge >= 0.3 is 0 Å². The Bertz CT molecular complexity index is 704.